The largest absolute Gasteiger partial charge is 0.481 e. The van der Waals surface area contributed by atoms with Crippen molar-refractivity contribution >= 4 is 5.97 Å². The second-order valence-corrected chi connectivity index (χ2v) is 4.10. The molecule has 0 aromatic heterocycles. The van der Waals surface area contributed by atoms with Crippen LogP contribution in [0.4, 0.5) is 0 Å². The van der Waals surface area contributed by atoms with Crippen molar-refractivity contribution < 1.29 is 14.6 Å². The monoisotopic (exact) mass is 201 g/mol. The van der Waals surface area contributed by atoms with E-state index in [0.717, 1.165) is 26.0 Å². The van der Waals surface area contributed by atoms with Gasteiger partial charge in [0.15, 0.2) is 0 Å². The molecule has 0 radical (unpaired) electrons. The van der Waals surface area contributed by atoms with Gasteiger partial charge in [-0.05, 0) is 19.9 Å². The van der Waals surface area contributed by atoms with E-state index in [2.05, 4.69) is 0 Å². The third kappa shape index (κ3) is 3.64. The SMILES string of the molecule is CC(CN(C)CC1CCCO1)C(=O)O. The van der Waals surface area contributed by atoms with E-state index >= 15 is 0 Å². The highest BCUT2D eigenvalue weighted by molar-refractivity contribution is 5.69. The number of hydrogen-bond donors (Lipinski definition) is 1. The maximum Gasteiger partial charge on any atom is 0.307 e. The van der Waals surface area contributed by atoms with Crippen LogP contribution in [-0.2, 0) is 9.53 Å². The zero-order chi connectivity index (χ0) is 10.6. The molecule has 82 valence electrons. The molecule has 2 atom stereocenters. The minimum atomic E-state index is -0.732. The highest BCUT2D eigenvalue weighted by atomic mass is 16.5. The quantitative estimate of drug-likeness (QED) is 0.715. The van der Waals surface area contributed by atoms with Crippen LogP contribution < -0.4 is 0 Å². The summed E-state index contributed by atoms with van der Waals surface area (Å²) in [6.07, 6.45) is 2.54. The first kappa shape index (κ1) is 11.5. The standard InChI is InChI=1S/C10H19NO3/c1-8(10(12)13)6-11(2)7-9-4-3-5-14-9/h8-9H,3-7H2,1-2H3,(H,12,13). The number of aliphatic carboxylic acids is 1. The molecule has 1 N–H and O–H groups in total. The van der Waals surface area contributed by atoms with E-state index in [9.17, 15) is 4.79 Å². The fourth-order valence-corrected chi connectivity index (χ4v) is 1.76. The predicted octanol–water partition coefficient (Wildman–Crippen LogP) is 0.818. The number of likely N-dealkylation sites (N-methyl/N-ethyl adjacent to an activating group) is 1. The van der Waals surface area contributed by atoms with E-state index in [4.69, 9.17) is 9.84 Å². The maximum atomic E-state index is 10.6. The number of hydrogen-bond acceptors (Lipinski definition) is 3. The number of nitrogens with zero attached hydrogens (tertiary/aromatic N) is 1. The van der Waals surface area contributed by atoms with E-state index in [1.165, 1.54) is 0 Å². The molecule has 0 amide bonds. The molecule has 0 aromatic rings. The molecule has 1 aliphatic rings. The van der Waals surface area contributed by atoms with Crippen LogP contribution in [0.1, 0.15) is 19.8 Å². The average molecular weight is 201 g/mol. The van der Waals surface area contributed by atoms with Gasteiger partial charge in [-0.2, -0.15) is 0 Å². The van der Waals surface area contributed by atoms with E-state index < -0.39 is 5.97 Å². The molecular formula is C10H19NO3. The van der Waals surface area contributed by atoms with Crippen molar-refractivity contribution in [2.45, 2.75) is 25.9 Å². The summed E-state index contributed by atoms with van der Waals surface area (Å²) < 4.78 is 5.48. The molecule has 0 saturated carbocycles. The zero-order valence-corrected chi connectivity index (χ0v) is 8.90. The van der Waals surface area contributed by atoms with Gasteiger partial charge in [-0.1, -0.05) is 6.92 Å². The molecule has 1 aliphatic heterocycles. The Morgan fingerprint density at radius 1 is 1.71 bits per heavy atom. The summed E-state index contributed by atoms with van der Waals surface area (Å²) >= 11 is 0. The van der Waals surface area contributed by atoms with E-state index in [1.807, 2.05) is 11.9 Å². The lowest BCUT2D eigenvalue weighted by molar-refractivity contribution is -0.141. The molecule has 4 heteroatoms. The van der Waals surface area contributed by atoms with Crippen LogP contribution in [-0.4, -0.2) is 48.8 Å². The smallest absolute Gasteiger partial charge is 0.307 e. The molecule has 0 aliphatic carbocycles. The van der Waals surface area contributed by atoms with Crippen molar-refractivity contribution in [3.63, 3.8) is 0 Å². The van der Waals surface area contributed by atoms with Crippen molar-refractivity contribution in [2.24, 2.45) is 5.92 Å². The van der Waals surface area contributed by atoms with Crippen LogP contribution in [0.2, 0.25) is 0 Å². The minimum Gasteiger partial charge on any atom is -0.481 e. The van der Waals surface area contributed by atoms with Gasteiger partial charge in [-0.3, -0.25) is 4.79 Å². The summed E-state index contributed by atoms with van der Waals surface area (Å²) in [6, 6.07) is 0. The van der Waals surface area contributed by atoms with Gasteiger partial charge in [0.25, 0.3) is 0 Å². The van der Waals surface area contributed by atoms with Gasteiger partial charge in [0, 0.05) is 19.7 Å². The average Bonchev–Trinajstić information content (AvgIpc) is 2.56. The van der Waals surface area contributed by atoms with E-state index in [-0.39, 0.29) is 5.92 Å². The second kappa shape index (κ2) is 5.32. The predicted molar refractivity (Wildman–Crippen MR) is 53.3 cm³/mol. The Bertz CT molecular complexity index is 190. The van der Waals surface area contributed by atoms with Gasteiger partial charge in [0.2, 0.25) is 0 Å². The van der Waals surface area contributed by atoms with Crippen LogP contribution in [0, 0.1) is 5.92 Å². The molecule has 4 nitrogen and oxygen atoms in total. The summed E-state index contributed by atoms with van der Waals surface area (Å²) in [5.41, 5.74) is 0. The first-order chi connectivity index (χ1) is 6.59. The van der Waals surface area contributed by atoms with Gasteiger partial charge in [-0.25, -0.2) is 0 Å². The molecule has 14 heavy (non-hydrogen) atoms. The van der Waals surface area contributed by atoms with Gasteiger partial charge in [0.1, 0.15) is 0 Å². The normalized spacial score (nSPS) is 24.1. The van der Waals surface area contributed by atoms with Crippen molar-refractivity contribution in [3.05, 3.63) is 0 Å². The topological polar surface area (TPSA) is 49.8 Å². The van der Waals surface area contributed by atoms with Crippen molar-refractivity contribution in [1.82, 2.24) is 4.90 Å². The highest BCUT2D eigenvalue weighted by Crippen LogP contribution is 2.13. The number of carboxylic acids is 1. The molecule has 1 saturated heterocycles. The lowest BCUT2D eigenvalue weighted by atomic mass is 10.1. The number of carbonyl (C=O) groups is 1. The molecule has 0 aromatic carbocycles. The Labute approximate surface area is 84.8 Å². The molecular weight excluding hydrogens is 182 g/mol. The minimum absolute atomic E-state index is 0.304. The Balaban J connectivity index is 2.20. The summed E-state index contributed by atoms with van der Waals surface area (Å²) in [5.74, 6) is -1.04. The van der Waals surface area contributed by atoms with Crippen LogP contribution in [0.15, 0.2) is 0 Å². The van der Waals surface area contributed by atoms with Crippen molar-refractivity contribution in [1.29, 1.82) is 0 Å². The Morgan fingerprint density at radius 2 is 2.43 bits per heavy atom. The summed E-state index contributed by atoms with van der Waals surface area (Å²) in [6.45, 7) is 4.02. The fourth-order valence-electron chi connectivity index (χ4n) is 1.76. The summed E-state index contributed by atoms with van der Waals surface area (Å²) in [7, 11) is 1.95. The number of rotatable bonds is 5. The van der Waals surface area contributed by atoms with Gasteiger partial charge >= 0.3 is 5.97 Å². The van der Waals surface area contributed by atoms with E-state index in [1.54, 1.807) is 6.92 Å². The van der Waals surface area contributed by atoms with Crippen molar-refractivity contribution in [2.75, 3.05) is 26.7 Å². The molecule has 0 spiro atoms. The second-order valence-electron chi connectivity index (χ2n) is 4.10. The van der Waals surface area contributed by atoms with Gasteiger partial charge in [0.05, 0.1) is 12.0 Å². The molecule has 2 unspecified atom stereocenters. The fraction of sp³-hybridized carbons (Fsp3) is 0.900. The lowest BCUT2D eigenvalue weighted by Crippen LogP contribution is -2.34. The Kier molecular flexibility index (Phi) is 4.35. The highest BCUT2D eigenvalue weighted by Gasteiger charge is 2.19. The summed E-state index contributed by atoms with van der Waals surface area (Å²) in [4.78, 5) is 12.7. The Hall–Kier alpha value is -0.610. The third-order valence-electron chi connectivity index (χ3n) is 2.55. The summed E-state index contributed by atoms with van der Waals surface area (Å²) in [5, 5.41) is 8.73. The molecule has 1 heterocycles. The maximum absolute atomic E-state index is 10.6. The molecule has 1 rings (SSSR count). The van der Waals surface area contributed by atoms with Crippen molar-refractivity contribution in [3.8, 4) is 0 Å². The molecule has 1 fully saturated rings. The third-order valence-corrected chi connectivity index (χ3v) is 2.55. The van der Waals surface area contributed by atoms with Crippen LogP contribution in [0.25, 0.3) is 0 Å². The van der Waals surface area contributed by atoms with E-state index in [0.29, 0.717) is 12.6 Å². The van der Waals surface area contributed by atoms with Crippen LogP contribution >= 0.6 is 0 Å². The lowest BCUT2D eigenvalue weighted by Gasteiger charge is -2.21. The number of carboxylic acid groups (broad SMARTS) is 1. The first-order valence-electron chi connectivity index (χ1n) is 5.12. The zero-order valence-electron chi connectivity index (χ0n) is 8.90. The van der Waals surface area contributed by atoms with Gasteiger partial charge < -0.3 is 14.7 Å². The van der Waals surface area contributed by atoms with Crippen LogP contribution in [0.5, 0.6) is 0 Å². The first-order valence-corrected chi connectivity index (χ1v) is 5.12. The Morgan fingerprint density at radius 3 is 2.93 bits per heavy atom. The number of ether oxygens (including phenoxy) is 1. The van der Waals surface area contributed by atoms with Gasteiger partial charge in [-0.15, -0.1) is 0 Å². The van der Waals surface area contributed by atoms with Crippen LogP contribution in [0.3, 0.4) is 0 Å². The molecule has 0 bridgehead atoms.